The molecular weight excluding hydrogens is 488 g/mol. The molecule has 7 nitrogen and oxygen atoms in total. The topological polar surface area (TPSA) is 83.9 Å². The van der Waals surface area contributed by atoms with Crippen LogP contribution in [-0.2, 0) is 28.9 Å². The summed E-state index contributed by atoms with van der Waals surface area (Å²) >= 11 is 1.20. The monoisotopic (exact) mass is 506 g/mol. The fourth-order valence-electron chi connectivity index (χ4n) is 3.24. The number of alkyl halides is 3. The molecule has 1 N–H and O–H groups in total. The van der Waals surface area contributed by atoms with Crippen LogP contribution in [0.15, 0.2) is 47.5 Å². The van der Waals surface area contributed by atoms with E-state index in [0.717, 1.165) is 12.1 Å². The Kier molecular flexibility index (Phi) is 6.83. The van der Waals surface area contributed by atoms with E-state index in [0.29, 0.717) is 21.1 Å². The summed E-state index contributed by atoms with van der Waals surface area (Å²) in [6.07, 6.45) is -3.19. The van der Waals surface area contributed by atoms with Gasteiger partial charge in [0.15, 0.2) is 5.82 Å². The molecule has 0 fully saturated rings. The van der Waals surface area contributed by atoms with Gasteiger partial charge >= 0.3 is 6.18 Å². The zero-order valence-electron chi connectivity index (χ0n) is 18.2. The molecular formula is C23H18F4N4O3S. The van der Waals surface area contributed by atoms with Crippen molar-refractivity contribution in [2.24, 2.45) is 4.99 Å². The normalized spacial score (nSPS) is 13.4. The van der Waals surface area contributed by atoms with Crippen molar-refractivity contribution in [2.75, 3.05) is 11.4 Å². The highest BCUT2D eigenvalue weighted by Crippen LogP contribution is 2.34. The van der Waals surface area contributed by atoms with Gasteiger partial charge in [0.25, 0.3) is 5.91 Å². The summed E-state index contributed by atoms with van der Waals surface area (Å²) in [5.74, 6) is -1.02. The number of aromatic nitrogens is 1. The molecule has 2 amide bonds. The number of anilines is 1. The number of amides is 2. The third kappa shape index (κ3) is 5.83. The number of halogens is 4. The summed E-state index contributed by atoms with van der Waals surface area (Å²) in [5, 5.41) is 3.10. The van der Waals surface area contributed by atoms with Gasteiger partial charge in [-0.3, -0.25) is 9.59 Å². The van der Waals surface area contributed by atoms with Crippen molar-refractivity contribution in [1.29, 1.82) is 0 Å². The lowest BCUT2D eigenvalue weighted by Crippen LogP contribution is -2.21. The number of carbonyl (C=O) groups is 2. The number of hydrogen-bond donors (Lipinski definition) is 1. The number of thiazole rings is 1. The maximum absolute atomic E-state index is 14.6. The van der Waals surface area contributed by atoms with Gasteiger partial charge in [0.1, 0.15) is 23.9 Å². The van der Waals surface area contributed by atoms with Gasteiger partial charge in [-0.25, -0.2) is 14.4 Å². The van der Waals surface area contributed by atoms with Crippen LogP contribution in [0.3, 0.4) is 0 Å². The molecule has 1 aromatic heterocycles. The van der Waals surface area contributed by atoms with E-state index in [1.54, 1.807) is 6.07 Å². The average Bonchev–Trinajstić information content (AvgIpc) is 3.42. The minimum atomic E-state index is -4.45. The molecule has 0 aliphatic carbocycles. The molecule has 0 atom stereocenters. The van der Waals surface area contributed by atoms with Crippen LogP contribution in [-0.4, -0.2) is 29.7 Å². The molecule has 0 spiro atoms. The SMILES string of the molecule is CC(=O)NCc1nc(-c2ccc(C(F)(F)F)cc2)sc1COc1ccc(N2C=NC(=O)C2)c(F)c1. The smallest absolute Gasteiger partial charge is 0.416 e. The average molecular weight is 506 g/mol. The van der Waals surface area contributed by atoms with Crippen LogP contribution in [0.5, 0.6) is 5.75 Å². The Morgan fingerprint density at radius 2 is 1.94 bits per heavy atom. The molecule has 0 saturated heterocycles. The maximum Gasteiger partial charge on any atom is 0.416 e. The lowest BCUT2D eigenvalue weighted by Gasteiger charge is -2.15. The van der Waals surface area contributed by atoms with Crippen LogP contribution in [0.25, 0.3) is 10.6 Å². The maximum atomic E-state index is 14.6. The molecule has 12 heteroatoms. The molecule has 0 unspecified atom stereocenters. The number of ether oxygens (including phenoxy) is 1. The second kappa shape index (κ2) is 9.82. The molecule has 0 radical (unpaired) electrons. The van der Waals surface area contributed by atoms with Gasteiger partial charge < -0.3 is 15.0 Å². The predicted molar refractivity (Wildman–Crippen MR) is 122 cm³/mol. The minimum absolute atomic E-state index is 0.00430. The molecule has 2 aromatic carbocycles. The lowest BCUT2D eigenvalue weighted by molar-refractivity contribution is -0.137. The van der Waals surface area contributed by atoms with Crippen molar-refractivity contribution in [2.45, 2.75) is 26.3 Å². The number of carbonyl (C=O) groups excluding carboxylic acids is 2. The van der Waals surface area contributed by atoms with Gasteiger partial charge in [0.05, 0.1) is 34.7 Å². The molecule has 2 heterocycles. The van der Waals surface area contributed by atoms with E-state index in [2.05, 4.69) is 15.3 Å². The summed E-state index contributed by atoms with van der Waals surface area (Å²) in [4.78, 5) is 32.7. The molecule has 0 saturated carbocycles. The quantitative estimate of drug-likeness (QED) is 0.475. The van der Waals surface area contributed by atoms with Gasteiger partial charge in [-0.1, -0.05) is 12.1 Å². The van der Waals surface area contributed by atoms with Gasteiger partial charge in [-0.05, 0) is 24.3 Å². The molecule has 1 aliphatic rings. The van der Waals surface area contributed by atoms with E-state index >= 15 is 0 Å². The van der Waals surface area contributed by atoms with Gasteiger partial charge in [0.2, 0.25) is 5.91 Å². The van der Waals surface area contributed by atoms with Crippen molar-refractivity contribution in [1.82, 2.24) is 10.3 Å². The van der Waals surface area contributed by atoms with Crippen LogP contribution in [0, 0.1) is 5.82 Å². The van der Waals surface area contributed by atoms with Crippen molar-refractivity contribution in [3.63, 3.8) is 0 Å². The Hall–Kier alpha value is -3.80. The Balaban J connectivity index is 1.52. The second-order valence-corrected chi connectivity index (χ2v) is 8.63. The first-order valence-corrected chi connectivity index (χ1v) is 11.1. The molecule has 4 rings (SSSR count). The Bertz CT molecular complexity index is 1290. The number of nitrogens with one attached hydrogen (secondary N) is 1. The Morgan fingerprint density at radius 3 is 2.54 bits per heavy atom. The summed E-state index contributed by atoms with van der Waals surface area (Å²) in [6, 6.07) is 8.79. The standard InChI is InChI=1S/C23H18F4N4O3S/c1-13(32)28-9-18-20(35-22(30-18)14-2-4-15(5-3-14)23(25,26)27)11-34-16-6-7-19(17(24)8-16)31-10-21(33)29-12-31/h2-8,12H,9-11H2,1H3,(H,28,32). The van der Waals surface area contributed by atoms with Crippen molar-refractivity contribution in [3.05, 3.63) is 64.4 Å². The number of aliphatic imine (C=N–C) groups is 1. The van der Waals surface area contributed by atoms with E-state index < -0.39 is 17.6 Å². The zero-order valence-corrected chi connectivity index (χ0v) is 19.0. The van der Waals surface area contributed by atoms with Crippen LogP contribution in [0.1, 0.15) is 23.1 Å². The molecule has 0 bridgehead atoms. The van der Waals surface area contributed by atoms with Crippen LogP contribution in [0.2, 0.25) is 0 Å². The fourth-order valence-corrected chi connectivity index (χ4v) is 4.23. The van der Waals surface area contributed by atoms with Crippen molar-refractivity contribution in [3.8, 4) is 16.3 Å². The van der Waals surface area contributed by atoms with Gasteiger partial charge in [0, 0.05) is 18.6 Å². The van der Waals surface area contributed by atoms with Gasteiger partial charge in [-0.2, -0.15) is 13.2 Å². The number of benzene rings is 2. The van der Waals surface area contributed by atoms with Crippen molar-refractivity contribution >= 4 is 35.2 Å². The number of rotatable bonds is 7. The number of hydrogen-bond acceptors (Lipinski definition) is 6. The lowest BCUT2D eigenvalue weighted by atomic mass is 10.1. The van der Waals surface area contributed by atoms with E-state index in [9.17, 15) is 27.2 Å². The largest absolute Gasteiger partial charge is 0.488 e. The Labute approximate surface area is 201 Å². The van der Waals surface area contributed by atoms with E-state index in [1.807, 2.05) is 0 Å². The van der Waals surface area contributed by atoms with Crippen LogP contribution >= 0.6 is 11.3 Å². The first-order valence-electron chi connectivity index (χ1n) is 10.3. The summed E-state index contributed by atoms with van der Waals surface area (Å²) in [7, 11) is 0. The Morgan fingerprint density at radius 1 is 1.20 bits per heavy atom. The van der Waals surface area contributed by atoms with Crippen LogP contribution in [0.4, 0.5) is 23.2 Å². The first kappa shape index (κ1) is 24.3. The number of nitrogens with zero attached hydrogens (tertiary/aromatic N) is 3. The van der Waals surface area contributed by atoms with Crippen LogP contribution < -0.4 is 15.0 Å². The highest BCUT2D eigenvalue weighted by molar-refractivity contribution is 7.15. The minimum Gasteiger partial charge on any atom is -0.488 e. The van der Waals surface area contributed by atoms with E-state index in [1.165, 1.54) is 53.8 Å². The van der Waals surface area contributed by atoms with Gasteiger partial charge in [-0.15, -0.1) is 11.3 Å². The highest BCUT2D eigenvalue weighted by Gasteiger charge is 2.30. The first-order chi connectivity index (χ1) is 16.6. The second-order valence-electron chi connectivity index (χ2n) is 7.54. The predicted octanol–water partition coefficient (Wildman–Crippen LogP) is 4.56. The zero-order chi connectivity index (χ0) is 25.2. The van der Waals surface area contributed by atoms with Crippen molar-refractivity contribution < 1.29 is 31.9 Å². The molecule has 3 aromatic rings. The molecule has 1 aliphatic heterocycles. The van der Waals surface area contributed by atoms with E-state index in [4.69, 9.17) is 4.74 Å². The fraction of sp³-hybridized carbons (Fsp3) is 0.217. The van der Waals surface area contributed by atoms with E-state index in [-0.39, 0.29) is 42.9 Å². The summed E-state index contributed by atoms with van der Waals surface area (Å²) < 4.78 is 58.9. The molecule has 182 valence electrons. The summed E-state index contributed by atoms with van der Waals surface area (Å²) in [5.41, 5.74) is 0.384. The third-order valence-electron chi connectivity index (χ3n) is 4.99. The third-order valence-corrected chi connectivity index (χ3v) is 6.11. The summed E-state index contributed by atoms with van der Waals surface area (Å²) in [6.45, 7) is 1.40. The molecule has 35 heavy (non-hydrogen) atoms. The highest BCUT2D eigenvalue weighted by atomic mass is 32.1.